The second-order valence-electron chi connectivity index (χ2n) is 3.41. The van der Waals surface area contributed by atoms with Crippen molar-refractivity contribution in [3.8, 4) is 11.6 Å². The van der Waals surface area contributed by atoms with Crippen LogP contribution >= 0.6 is 23.2 Å². The molecule has 0 aliphatic heterocycles. The highest BCUT2D eigenvalue weighted by Gasteiger charge is 2.13. The van der Waals surface area contributed by atoms with Crippen LogP contribution in [0.2, 0.25) is 10.0 Å². The van der Waals surface area contributed by atoms with Gasteiger partial charge in [0.25, 0.3) is 11.6 Å². The van der Waals surface area contributed by atoms with Crippen LogP contribution in [0.15, 0.2) is 30.5 Å². The van der Waals surface area contributed by atoms with Gasteiger partial charge in [-0.2, -0.15) is 0 Å². The molecular formula is C11H5Cl2FN2O3. The van der Waals surface area contributed by atoms with Crippen molar-refractivity contribution in [1.82, 2.24) is 4.98 Å². The molecule has 0 amide bonds. The second kappa shape index (κ2) is 5.38. The van der Waals surface area contributed by atoms with Crippen molar-refractivity contribution in [3.05, 3.63) is 56.4 Å². The monoisotopic (exact) mass is 302 g/mol. The molecule has 98 valence electrons. The third-order valence-corrected chi connectivity index (χ3v) is 2.61. The highest BCUT2D eigenvalue weighted by atomic mass is 35.5. The lowest BCUT2D eigenvalue weighted by molar-refractivity contribution is -0.384. The van der Waals surface area contributed by atoms with E-state index in [9.17, 15) is 14.5 Å². The van der Waals surface area contributed by atoms with Crippen molar-refractivity contribution >= 4 is 28.9 Å². The molecule has 2 rings (SSSR count). The Kier molecular flexibility index (Phi) is 3.82. The van der Waals surface area contributed by atoms with E-state index in [4.69, 9.17) is 27.9 Å². The number of nitro groups is 1. The quantitative estimate of drug-likeness (QED) is 0.628. The fraction of sp³-hybridized carbons (Fsp3) is 0. The Hall–Kier alpha value is -1.92. The highest BCUT2D eigenvalue weighted by molar-refractivity contribution is 6.32. The first-order valence-corrected chi connectivity index (χ1v) is 5.66. The van der Waals surface area contributed by atoms with Crippen LogP contribution in [-0.2, 0) is 0 Å². The Morgan fingerprint density at radius 2 is 2.05 bits per heavy atom. The van der Waals surface area contributed by atoms with Gasteiger partial charge in [-0.25, -0.2) is 9.37 Å². The van der Waals surface area contributed by atoms with E-state index in [1.807, 2.05) is 0 Å². The van der Waals surface area contributed by atoms with E-state index in [1.165, 1.54) is 18.3 Å². The predicted octanol–water partition coefficient (Wildman–Crippen LogP) is 4.23. The molecule has 0 saturated heterocycles. The SMILES string of the molecule is O=[N+]([O-])c1ccc(Oc2ncc(Cl)cc2F)c(Cl)c1. The number of non-ortho nitro benzene ring substituents is 1. The first-order valence-electron chi connectivity index (χ1n) is 4.90. The molecule has 0 unspecified atom stereocenters. The highest BCUT2D eigenvalue weighted by Crippen LogP contribution is 2.32. The minimum absolute atomic E-state index is 0.0228. The molecule has 5 nitrogen and oxygen atoms in total. The van der Waals surface area contributed by atoms with Crippen molar-refractivity contribution in [1.29, 1.82) is 0 Å². The van der Waals surface area contributed by atoms with Crippen LogP contribution in [0.5, 0.6) is 11.6 Å². The summed E-state index contributed by atoms with van der Waals surface area (Å²) >= 11 is 11.3. The summed E-state index contributed by atoms with van der Waals surface area (Å²) < 4.78 is 18.6. The fourth-order valence-corrected chi connectivity index (χ4v) is 1.63. The lowest BCUT2D eigenvalue weighted by Crippen LogP contribution is -1.94. The van der Waals surface area contributed by atoms with Gasteiger partial charge < -0.3 is 4.74 Å². The van der Waals surface area contributed by atoms with Gasteiger partial charge in [-0.05, 0) is 12.1 Å². The van der Waals surface area contributed by atoms with Crippen molar-refractivity contribution < 1.29 is 14.1 Å². The van der Waals surface area contributed by atoms with Crippen molar-refractivity contribution in [3.63, 3.8) is 0 Å². The number of halogens is 3. The van der Waals surface area contributed by atoms with Crippen LogP contribution in [0.25, 0.3) is 0 Å². The maximum Gasteiger partial charge on any atom is 0.271 e. The molecule has 1 aromatic carbocycles. The third kappa shape index (κ3) is 3.10. The number of hydrogen-bond donors (Lipinski definition) is 0. The van der Waals surface area contributed by atoms with E-state index in [0.717, 1.165) is 12.1 Å². The van der Waals surface area contributed by atoms with Crippen LogP contribution in [0.4, 0.5) is 10.1 Å². The zero-order valence-electron chi connectivity index (χ0n) is 9.14. The van der Waals surface area contributed by atoms with Gasteiger partial charge in [0.1, 0.15) is 5.75 Å². The number of nitro benzene ring substituents is 1. The standard InChI is InChI=1S/C11H5Cl2FN2O3/c12-6-3-9(14)11(15-5-6)19-10-2-1-7(16(17)18)4-8(10)13/h1-5H. The number of pyridine rings is 1. The van der Waals surface area contributed by atoms with E-state index in [-0.39, 0.29) is 27.4 Å². The van der Waals surface area contributed by atoms with E-state index in [0.29, 0.717) is 0 Å². The number of rotatable bonds is 3. The van der Waals surface area contributed by atoms with Crippen molar-refractivity contribution in [2.75, 3.05) is 0 Å². The largest absolute Gasteiger partial charge is 0.435 e. The van der Waals surface area contributed by atoms with Crippen LogP contribution in [-0.4, -0.2) is 9.91 Å². The number of nitrogens with zero attached hydrogens (tertiary/aromatic N) is 2. The molecule has 8 heteroatoms. The van der Waals surface area contributed by atoms with Gasteiger partial charge >= 0.3 is 0 Å². The van der Waals surface area contributed by atoms with Gasteiger partial charge in [0.2, 0.25) is 0 Å². The molecule has 0 fully saturated rings. The van der Waals surface area contributed by atoms with Crippen LogP contribution in [0.3, 0.4) is 0 Å². The predicted molar refractivity (Wildman–Crippen MR) is 67.4 cm³/mol. The summed E-state index contributed by atoms with van der Waals surface area (Å²) in [6.45, 7) is 0. The van der Waals surface area contributed by atoms with Crippen molar-refractivity contribution in [2.24, 2.45) is 0 Å². The molecule has 0 aliphatic rings. The number of hydrogen-bond acceptors (Lipinski definition) is 4. The molecule has 0 aliphatic carbocycles. The molecule has 0 atom stereocenters. The van der Waals surface area contributed by atoms with E-state index in [1.54, 1.807) is 0 Å². The molecule has 0 bridgehead atoms. The average Bonchev–Trinajstić information content (AvgIpc) is 2.34. The summed E-state index contributed by atoms with van der Waals surface area (Å²) in [6, 6.07) is 4.58. The molecule has 0 spiro atoms. The minimum Gasteiger partial charge on any atom is -0.435 e. The Morgan fingerprint density at radius 3 is 2.63 bits per heavy atom. The summed E-state index contributed by atoms with van der Waals surface area (Å²) in [5.41, 5.74) is -0.193. The molecule has 0 saturated carbocycles. The molecule has 1 aromatic heterocycles. The van der Waals surface area contributed by atoms with E-state index >= 15 is 0 Å². The zero-order valence-corrected chi connectivity index (χ0v) is 10.7. The van der Waals surface area contributed by atoms with E-state index < -0.39 is 10.7 Å². The Labute approximate surface area is 116 Å². The van der Waals surface area contributed by atoms with E-state index in [2.05, 4.69) is 4.98 Å². The molecular weight excluding hydrogens is 298 g/mol. The lowest BCUT2D eigenvalue weighted by Gasteiger charge is -2.07. The number of aromatic nitrogens is 1. The smallest absolute Gasteiger partial charge is 0.271 e. The van der Waals surface area contributed by atoms with Crippen LogP contribution in [0, 0.1) is 15.9 Å². The van der Waals surface area contributed by atoms with Gasteiger partial charge in [0.15, 0.2) is 5.82 Å². The second-order valence-corrected chi connectivity index (χ2v) is 4.26. The van der Waals surface area contributed by atoms with Crippen LogP contribution in [0.1, 0.15) is 0 Å². The molecule has 2 aromatic rings. The molecule has 0 N–H and O–H groups in total. The number of ether oxygens (including phenoxy) is 1. The Balaban J connectivity index is 2.31. The minimum atomic E-state index is -0.762. The average molecular weight is 303 g/mol. The van der Waals surface area contributed by atoms with Gasteiger partial charge in [0.05, 0.1) is 15.0 Å². The zero-order chi connectivity index (χ0) is 14.0. The Bertz CT molecular complexity index is 652. The first kappa shape index (κ1) is 13.5. The lowest BCUT2D eigenvalue weighted by atomic mass is 10.3. The third-order valence-electron chi connectivity index (χ3n) is 2.11. The van der Waals surface area contributed by atoms with Gasteiger partial charge in [-0.1, -0.05) is 23.2 Å². The number of benzene rings is 1. The summed E-state index contributed by atoms with van der Waals surface area (Å²) in [5, 5.41) is 10.6. The topological polar surface area (TPSA) is 65.3 Å². The van der Waals surface area contributed by atoms with Gasteiger partial charge in [-0.3, -0.25) is 10.1 Å². The Morgan fingerprint density at radius 1 is 1.32 bits per heavy atom. The molecule has 19 heavy (non-hydrogen) atoms. The normalized spacial score (nSPS) is 10.3. The molecule has 0 radical (unpaired) electrons. The fourth-order valence-electron chi connectivity index (χ4n) is 1.27. The maximum absolute atomic E-state index is 13.5. The summed E-state index contributed by atoms with van der Waals surface area (Å²) in [5.74, 6) is -1.02. The van der Waals surface area contributed by atoms with Gasteiger partial charge in [-0.15, -0.1) is 0 Å². The van der Waals surface area contributed by atoms with Crippen LogP contribution < -0.4 is 4.74 Å². The summed E-state index contributed by atoms with van der Waals surface area (Å²) in [7, 11) is 0. The van der Waals surface area contributed by atoms with Crippen molar-refractivity contribution in [2.45, 2.75) is 0 Å². The summed E-state index contributed by atoms with van der Waals surface area (Å²) in [6.07, 6.45) is 1.21. The first-order chi connectivity index (χ1) is 8.97. The maximum atomic E-state index is 13.5. The summed E-state index contributed by atoms with van der Waals surface area (Å²) in [4.78, 5) is 13.6. The molecule has 1 heterocycles. The van der Waals surface area contributed by atoms with Gasteiger partial charge in [0, 0.05) is 18.3 Å².